The van der Waals surface area contributed by atoms with Gasteiger partial charge in [0.2, 0.25) is 5.91 Å². The predicted octanol–water partition coefficient (Wildman–Crippen LogP) is 0.581. The van der Waals surface area contributed by atoms with Crippen LogP contribution < -0.4 is 11.0 Å². The topological polar surface area (TPSA) is 88.6 Å². The normalized spacial score (nSPS) is 13.8. The van der Waals surface area contributed by atoms with Crippen molar-refractivity contribution in [2.45, 2.75) is 19.1 Å². The van der Waals surface area contributed by atoms with Crippen molar-refractivity contribution in [2.75, 3.05) is 6.54 Å². The Bertz CT molecular complexity index is 880. The quantitative estimate of drug-likeness (QED) is 0.715. The van der Waals surface area contributed by atoms with Crippen LogP contribution in [-0.2, 0) is 16.9 Å². The van der Waals surface area contributed by atoms with E-state index in [1.807, 2.05) is 16.8 Å². The molecule has 0 aliphatic carbocycles. The zero-order valence-corrected chi connectivity index (χ0v) is 13.3. The molecule has 2 N–H and O–H groups in total. The minimum atomic E-state index is -1.15. The molecule has 0 radical (unpaired) electrons. The lowest BCUT2D eigenvalue weighted by Crippen LogP contribution is -2.41. The molecule has 3 rings (SSSR count). The van der Waals surface area contributed by atoms with Gasteiger partial charge in [-0.2, -0.15) is 11.3 Å². The first-order valence-electron chi connectivity index (χ1n) is 7.03. The van der Waals surface area contributed by atoms with E-state index < -0.39 is 5.60 Å². The summed E-state index contributed by atoms with van der Waals surface area (Å²) in [6, 6.07) is 6.99. The number of aliphatic hydroxyl groups is 1. The number of carbonyl (C=O) groups is 1. The highest BCUT2D eigenvalue weighted by Crippen LogP contribution is 2.21. The summed E-state index contributed by atoms with van der Waals surface area (Å²) in [7, 11) is 0. The van der Waals surface area contributed by atoms with E-state index in [0.29, 0.717) is 5.65 Å². The maximum Gasteiger partial charge on any atom is 0.350 e. The molecule has 23 heavy (non-hydrogen) atoms. The van der Waals surface area contributed by atoms with Gasteiger partial charge in [-0.25, -0.2) is 9.48 Å². The molecule has 0 spiro atoms. The third-order valence-corrected chi connectivity index (χ3v) is 4.24. The number of pyridine rings is 1. The van der Waals surface area contributed by atoms with Gasteiger partial charge < -0.3 is 10.4 Å². The molecule has 0 fully saturated rings. The summed E-state index contributed by atoms with van der Waals surface area (Å²) in [5.74, 6) is -0.383. The molecule has 3 aromatic heterocycles. The predicted molar refractivity (Wildman–Crippen MR) is 86.4 cm³/mol. The lowest BCUT2D eigenvalue weighted by atomic mass is 9.99. The fourth-order valence-electron chi connectivity index (χ4n) is 2.21. The summed E-state index contributed by atoms with van der Waals surface area (Å²) < 4.78 is 2.47. The lowest BCUT2D eigenvalue weighted by molar-refractivity contribution is -0.123. The van der Waals surface area contributed by atoms with Gasteiger partial charge in [0.05, 0.1) is 6.54 Å². The second-order valence-corrected chi connectivity index (χ2v) is 6.21. The maximum absolute atomic E-state index is 12.1. The lowest BCUT2D eigenvalue weighted by Gasteiger charge is -2.22. The minimum absolute atomic E-state index is 0.0602. The summed E-state index contributed by atoms with van der Waals surface area (Å²) in [4.78, 5) is 24.1. The van der Waals surface area contributed by atoms with E-state index in [-0.39, 0.29) is 24.7 Å². The molecule has 0 saturated heterocycles. The Balaban J connectivity index is 1.67. The number of aromatic nitrogens is 3. The van der Waals surface area contributed by atoms with Crippen molar-refractivity contribution in [3.05, 3.63) is 57.3 Å². The van der Waals surface area contributed by atoms with Gasteiger partial charge in [-0.1, -0.05) is 6.07 Å². The first-order chi connectivity index (χ1) is 11.0. The van der Waals surface area contributed by atoms with E-state index >= 15 is 0 Å². The number of hydrogen-bond donors (Lipinski definition) is 2. The molecule has 0 aliphatic rings. The Morgan fingerprint density at radius 2 is 2.26 bits per heavy atom. The second kappa shape index (κ2) is 5.98. The van der Waals surface area contributed by atoms with Crippen LogP contribution in [0.2, 0.25) is 0 Å². The Morgan fingerprint density at radius 1 is 1.43 bits per heavy atom. The molecule has 1 atom stereocenters. The number of nitrogens with zero attached hydrogens (tertiary/aromatic N) is 3. The first kappa shape index (κ1) is 15.4. The standard InChI is InChI=1S/C15H16N4O3S/c1-15(22,11-5-7-23-9-11)10-16-13(20)8-19-14(21)18-6-3-2-4-12(18)17-19/h2-7,9,22H,8,10H2,1H3,(H,16,20)/t15-/m1/s1. The van der Waals surface area contributed by atoms with E-state index in [1.165, 1.54) is 15.7 Å². The van der Waals surface area contributed by atoms with E-state index in [9.17, 15) is 14.7 Å². The average molecular weight is 332 g/mol. The van der Waals surface area contributed by atoms with Crippen molar-refractivity contribution in [1.82, 2.24) is 19.5 Å². The van der Waals surface area contributed by atoms with Crippen molar-refractivity contribution < 1.29 is 9.90 Å². The van der Waals surface area contributed by atoms with Gasteiger partial charge in [-0.15, -0.1) is 5.10 Å². The summed E-state index contributed by atoms with van der Waals surface area (Å²) >= 11 is 1.48. The van der Waals surface area contributed by atoms with Crippen LogP contribution in [0.25, 0.3) is 5.65 Å². The van der Waals surface area contributed by atoms with Crippen molar-refractivity contribution in [1.29, 1.82) is 0 Å². The highest BCUT2D eigenvalue weighted by molar-refractivity contribution is 7.08. The first-order valence-corrected chi connectivity index (χ1v) is 7.97. The van der Waals surface area contributed by atoms with E-state index in [4.69, 9.17) is 0 Å². The van der Waals surface area contributed by atoms with Gasteiger partial charge >= 0.3 is 5.69 Å². The van der Waals surface area contributed by atoms with E-state index in [2.05, 4.69) is 10.4 Å². The molecular weight excluding hydrogens is 316 g/mol. The molecule has 0 saturated carbocycles. The molecule has 7 nitrogen and oxygen atoms in total. The highest BCUT2D eigenvalue weighted by atomic mass is 32.1. The number of fused-ring (bicyclic) bond motifs is 1. The number of amides is 1. The van der Waals surface area contributed by atoms with Gasteiger partial charge in [-0.05, 0) is 41.4 Å². The van der Waals surface area contributed by atoms with Crippen LogP contribution in [0.3, 0.4) is 0 Å². The zero-order valence-electron chi connectivity index (χ0n) is 12.5. The summed E-state index contributed by atoms with van der Waals surface area (Å²) in [5.41, 5.74) is -0.303. The number of carbonyl (C=O) groups excluding carboxylic acids is 1. The number of nitrogens with one attached hydrogen (secondary N) is 1. The molecule has 0 bridgehead atoms. The molecule has 0 aliphatic heterocycles. The highest BCUT2D eigenvalue weighted by Gasteiger charge is 2.24. The molecule has 8 heteroatoms. The zero-order chi connectivity index (χ0) is 16.4. The third kappa shape index (κ3) is 3.17. The van der Waals surface area contributed by atoms with Crippen LogP contribution >= 0.6 is 11.3 Å². The van der Waals surface area contributed by atoms with Crippen LogP contribution in [0.5, 0.6) is 0 Å². The van der Waals surface area contributed by atoms with E-state index in [1.54, 1.807) is 31.3 Å². The molecule has 3 heterocycles. The number of hydrogen-bond acceptors (Lipinski definition) is 5. The molecular formula is C15H16N4O3S. The fraction of sp³-hybridized carbons (Fsp3) is 0.267. The molecule has 1 amide bonds. The SMILES string of the molecule is C[C@@](O)(CNC(=O)Cn1nc2ccccn2c1=O)c1ccsc1. The van der Waals surface area contributed by atoms with Crippen LogP contribution in [0.1, 0.15) is 12.5 Å². The van der Waals surface area contributed by atoms with Crippen LogP contribution in [0.4, 0.5) is 0 Å². The van der Waals surface area contributed by atoms with E-state index in [0.717, 1.165) is 10.2 Å². The Morgan fingerprint density at radius 3 is 2.96 bits per heavy atom. The monoisotopic (exact) mass is 332 g/mol. The smallest absolute Gasteiger partial charge is 0.350 e. The van der Waals surface area contributed by atoms with Crippen molar-refractivity contribution >= 4 is 22.9 Å². The Labute approximate surface area is 135 Å². The fourth-order valence-corrected chi connectivity index (χ4v) is 2.99. The van der Waals surface area contributed by atoms with Crippen LogP contribution in [0.15, 0.2) is 46.0 Å². The third-order valence-electron chi connectivity index (χ3n) is 3.55. The molecule has 0 aromatic carbocycles. The largest absolute Gasteiger partial charge is 0.384 e. The summed E-state index contributed by atoms with van der Waals surface area (Å²) in [5, 5.41) is 20.8. The summed E-state index contributed by atoms with van der Waals surface area (Å²) in [6.45, 7) is 1.50. The van der Waals surface area contributed by atoms with Gasteiger partial charge in [0.1, 0.15) is 12.1 Å². The van der Waals surface area contributed by atoms with Crippen molar-refractivity contribution in [3.8, 4) is 0 Å². The van der Waals surface area contributed by atoms with Gasteiger partial charge in [0, 0.05) is 6.20 Å². The van der Waals surface area contributed by atoms with Crippen LogP contribution in [-0.4, -0.2) is 31.7 Å². The Kier molecular flexibility index (Phi) is 4.01. The van der Waals surface area contributed by atoms with Crippen molar-refractivity contribution in [2.24, 2.45) is 0 Å². The maximum atomic E-state index is 12.1. The average Bonchev–Trinajstić information content (AvgIpc) is 3.16. The molecule has 3 aromatic rings. The van der Waals surface area contributed by atoms with Gasteiger partial charge in [0.25, 0.3) is 0 Å². The van der Waals surface area contributed by atoms with Gasteiger partial charge in [0.15, 0.2) is 5.65 Å². The van der Waals surface area contributed by atoms with Crippen LogP contribution in [0, 0.1) is 0 Å². The second-order valence-electron chi connectivity index (χ2n) is 5.43. The molecule has 0 unspecified atom stereocenters. The van der Waals surface area contributed by atoms with Crippen molar-refractivity contribution in [3.63, 3.8) is 0 Å². The number of thiophene rings is 1. The molecule has 120 valence electrons. The Hall–Kier alpha value is -2.45. The summed E-state index contributed by atoms with van der Waals surface area (Å²) in [6.07, 6.45) is 1.60. The number of rotatable bonds is 5. The minimum Gasteiger partial charge on any atom is -0.384 e. The van der Waals surface area contributed by atoms with Gasteiger partial charge in [-0.3, -0.25) is 9.20 Å².